The predicted octanol–water partition coefficient (Wildman–Crippen LogP) is 2.60. The summed E-state index contributed by atoms with van der Waals surface area (Å²) < 4.78 is 6.06. The third kappa shape index (κ3) is 3.79. The molecule has 2 aliphatic heterocycles. The summed E-state index contributed by atoms with van der Waals surface area (Å²) in [6, 6.07) is 5.68. The Kier molecular flexibility index (Phi) is 5.02. The molecule has 1 saturated carbocycles. The van der Waals surface area contributed by atoms with Crippen molar-refractivity contribution in [2.45, 2.75) is 32.6 Å². The molecule has 3 aliphatic rings. The number of amides is 1. The minimum absolute atomic E-state index is 0.0800. The van der Waals surface area contributed by atoms with E-state index in [-0.39, 0.29) is 5.91 Å². The first-order valence-corrected chi connectivity index (χ1v) is 10.0. The Labute approximate surface area is 156 Å². The van der Waals surface area contributed by atoms with Crippen LogP contribution in [-0.2, 0) is 4.74 Å². The number of aryl methyl sites for hydroxylation is 1. The van der Waals surface area contributed by atoms with E-state index in [0.29, 0.717) is 17.0 Å². The normalized spacial score (nSPS) is 25.8. The lowest BCUT2D eigenvalue weighted by molar-refractivity contribution is 0.0178. The number of hydrogen-bond acceptors (Lipinski definition) is 4. The molecule has 5 heteroatoms. The first kappa shape index (κ1) is 17.9. The Balaban J connectivity index is 1.36. The largest absolute Gasteiger partial charge is 0.381 e. The molecule has 1 amide bonds. The summed E-state index contributed by atoms with van der Waals surface area (Å²) in [6.45, 7) is 7.69. The quantitative estimate of drug-likeness (QED) is 0.813. The predicted molar refractivity (Wildman–Crippen MR) is 101 cm³/mol. The number of carbonyl (C=O) groups excluding carboxylic acids is 1. The highest BCUT2D eigenvalue weighted by atomic mass is 16.5. The zero-order chi connectivity index (χ0) is 18.1. The number of ether oxygens (including phenoxy) is 1. The molecular weight excluding hydrogens is 326 g/mol. The zero-order valence-corrected chi connectivity index (χ0v) is 16.1. The number of likely N-dealkylation sites (tertiary alicyclic amines) is 2. The van der Waals surface area contributed by atoms with Gasteiger partial charge >= 0.3 is 0 Å². The number of aromatic nitrogens is 1. The van der Waals surface area contributed by atoms with E-state index >= 15 is 0 Å². The SMILES string of the molecule is Cc1cccc(C(=O)N2CCC3(CC2)CN(C)CC3COCC2CC2)n1. The van der Waals surface area contributed by atoms with E-state index in [1.165, 1.54) is 12.8 Å². The van der Waals surface area contributed by atoms with Gasteiger partial charge in [-0.25, -0.2) is 4.98 Å². The highest BCUT2D eigenvalue weighted by Crippen LogP contribution is 2.44. The molecule has 4 rings (SSSR count). The Morgan fingerprint density at radius 1 is 1.27 bits per heavy atom. The fraction of sp³-hybridized carbons (Fsp3) is 0.714. The Morgan fingerprint density at radius 2 is 2.04 bits per heavy atom. The van der Waals surface area contributed by atoms with Gasteiger partial charge in [-0.15, -0.1) is 0 Å². The van der Waals surface area contributed by atoms with Crippen molar-refractivity contribution in [2.75, 3.05) is 46.4 Å². The Hall–Kier alpha value is -1.46. The Morgan fingerprint density at radius 3 is 2.73 bits per heavy atom. The fourth-order valence-corrected chi connectivity index (χ4v) is 4.74. The molecule has 1 aliphatic carbocycles. The highest BCUT2D eigenvalue weighted by molar-refractivity contribution is 5.92. The molecule has 3 fully saturated rings. The van der Waals surface area contributed by atoms with Crippen molar-refractivity contribution >= 4 is 5.91 Å². The van der Waals surface area contributed by atoms with Gasteiger partial charge in [0, 0.05) is 44.4 Å². The molecule has 0 N–H and O–H groups in total. The number of carbonyl (C=O) groups is 1. The van der Waals surface area contributed by atoms with Gasteiger partial charge in [0.1, 0.15) is 5.69 Å². The third-order valence-corrected chi connectivity index (χ3v) is 6.51. The average Bonchev–Trinajstić information content (AvgIpc) is 3.40. The minimum atomic E-state index is 0.0800. The van der Waals surface area contributed by atoms with Crippen LogP contribution in [0.15, 0.2) is 18.2 Å². The van der Waals surface area contributed by atoms with E-state index in [0.717, 1.165) is 63.8 Å². The summed E-state index contributed by atoms with van der Waals surface area (Å²) >= 11 is 0. The van der Waals surface area contributed by atoms with Crippen LogP contribution in [0.5, 0.6) is 0 Å². The molecule has 1 aromatic rings. The molecule has 1 unspecified atom stereocenters. The summed E-state index contributed by atoms with van der Waals surface area (Å²) in [7, 11) is 2.22. The second kappa shape index (κ2) is 7.28. The molecule has 0 aromatic carbocycles. The molecule has 26 heavy (non-hydrogen) atoms. The molecular formula is C21H31N3O2. The number of pyridine rings is 1. The number of rotatable bonds is 5. The van der Waals surface area contributed by atoms with Gasteiger partial charge in [-0.1, -0.05) is 6.07 Å². The van der Waals surface area contributed by atoms with E-state index in [2.05, 4.69) is 16.9 Å². The van der Waals surface area contributed by atoms with Crippen molar-refractivity contribution in [3.63, 3.8) is 0 Å². The first-order valence-electron chi connectivity index (χ1n) is 10.0. The topological polar surface area (TPSA) is 45.7 Å². The molecule has 1 spiro atoms. The third-order valence-electron chi connectivity index (χ3n) is 6.51. The smallest absolute Gasteiger partial charge is 0.272 e. The lowest BCUT2D eigenvalue weighted by Gasteiger charge is -2.42. The lowest BCUT2D eigenvalue weighted by atomic mass is 9.71. The standard InChI is InChI=1S/C21H31N3O2/c1-16-4-3-5-19(22-16)20(25)24-10-8-21(9-11-24)15-23(2)12-18(21)14-26-13-17-6-7-17/h3-5,17-18H,6-15H2,1-2H3. The van der Waals surface area contributed by atoms with Crippen molar-refractivity contribution in [1.29, 1.82) is 0 Å². The molecule has 5 nitrogen and oxygen atoms in total. The second-order valence-electron chi connectivity index (χ2n) is 8.69. The molecule has 1 aromatic heterocycles. The van der Waals surface area contributed by atoms with E-state index in [1.807, 2.05) is 30.0 Å². The van der Waals surface area contributed by atoms with Crippen LogP contribution >= 0.6 is 0 Å². The maximum absolute atomic E-state index is 12.8. The number of hydrogen-bond donors (Lipinski definition) is 0. The number of piperidine rings is 1. The van der Waals surface area contributed by atoms with Gasteiger partial charge in [0.05, 0.1) is 6.61 Å². The lowest BCUT2D eigenvalue weighted by Crippen LogP contribution is -2.47. The summed E-state index contributed by atoms with van der Waals surface area (Å²) in [5.74, 6) is 1.50. The Bertz CT molecular complexity index is 650. The van der Waals surface area contributed by atoms with Crippen LogP contribution in [0, 0.1) is 24.2 Å². The highest BCUT2D eigenvalue weighted by Gasteiger charge is 2.47. The van der Waals surface area contributed by atoms with Crippen LogP contribution in [0.4, 0.5) is 0 Å². The van der Waals surface area contributed by atoms with Gasteiger partial charge < -0.3 is 14.5 Å². The minimum Gasteiger partial charge on any atom is -0.381 e. The molecule has 0 radical (unpaired) electrons. The van der Waals surface area contributed by atoms with E-state index in [9.17, 15) is 4.79 Å². The van der Waals surface area contributed by atoms with Gasteiger partial charge in [0.25, 0.3) is 5.91 Å². The van der Waals surface area contributed by atoms with Crippen LogP contribution in [0.2, 0.25) is 0 Å². The van der Waals surface area contributed by atoms with Crippen molar-refractivity contribution in [2.24, 2.45) is 17.3 Å². The summed E-state index contributed by atoms with van der Waals surface area (Å²) in [6.07, 6.45) is 4.85. The monoisotopic (exact) mass is 357 g/mol. The second-order valence-corrected chi connectivity index (χ2v) is 8.69. The van der Waals surface area contributed by atoms with E-state index in [4.69, 9.17) is 4.74 Å². The van der Waals surface area contributed by atoms with Crippen LogP contribution in [-0.4, -0.2) is 67.1 Å². The van der Waals surface area contributed by atoms with Crippen LogP contribution in [0.3, 0.4) is 0 Å². The fourth-order valence-electron chi connectivity index (χ4n) is 4.74. The van der Waals surface area contributed by atoms with E-state index < -0.39 is 0 Å². The van der Waals surface area contributed by atoms with Crippen LogP contribution in [0.25, 0.3) is 0 Å². The average molecular weight is 357 g/mol. The van der Waals surface area contributed by atoms with Gasteiger partial charge in [-0.2, -0.15) is 0 Å². The molecule has 3 heterocycles. The summed E-state index contributed by atoms with van der Waals surface area (Å²) in [4.78, 5) is 21.6. The van der Waals surface area contributed by atoms with Crippen molar-refractivity contribution in [3.8, 4) is 0 Å². The van der Waals surface area contributed by atoms with Crippen LogP contribution < -0.4 is 0 Å². The molecule has 1 atom stereocenters. The molecule has 0 bridgehead atoms. The van der Waals surface area contributed by atoms with Crippen molar-refractivity contribution in [3.05, 3.63) is 29.6 Å². The number of nitrogens with zero attached hydrogens (tertiary/aromatic N) is 3. The van der Waals surface area contributed by atoms with Crippen molar-refractivity contribution in [1.82, 2.24) is 14.8 Å². The van der Waals surface area contributed by atoms with Crippen molar-refractivity contribution < 1.29 is 9.53 Å². The zero-order valence-electron chi connectivity index (χ0n) is 16.1. The molecule has 2 saturated heterocycles. The molecule has 142 valence electrons. The summed E-state index contributed by atoms with van der Waals surface area (Å²) in [5.41, 5.74) is 1.79. The van der Waals surface area contributed by atoms with Gasteiger partial charge in [0.2, 0.25) is 0 Å². The van der Waals surface area contributed by atoms with E-state index in [1.54, 1.807) is 0 Å². The maximum Gasteiger partial charge on any atom is 0.272 e. The van der Waals surface area contributed by atoms with Crippen LogP contribution in [0.1, 0.15) is 41.9 Å². The van der Waals surface area contributed by atoms with Gasteiger partial charge in [0.15, 0.2) is 0 Å². The maximum atomic E-state index is 12.8. The first-order chi connectivity index (χ1) is 12.6. The van der Waals surface area contributed by atoms with Gasteiger partial charge in [-0.3, -0.25) is 4.79 Å². The van der Waals surface area contributed by atoms with Gasteiger partial charge in [-0.05, 0) is 63.1 Å². The summed E-state index contributed by atoms with van der Waals surface area (Å²) in [5, 5.41) is 0.